The van der Waals surface area contributed by atoms with Gasteiger partial charge in [0.15, 0.2) is 11.6 Å². The molecule has 1 aromatic heterocycles. The Kier molecular flexibility index (Phi) is 3.31. The van der Waals surface area contributed by atoms with Crippen molar-refractivity contribution >= 4 is 5.97 Å². The van der Waals surface area contributed by atoms with Gasteiger partial charge in [0.2, 0.25) is 11.7 Å². The number of carboxylic acids is 1. The molecule has 0 atom stereocenters. The van der Waals surface area contributed by atoms with Crippen LogP contribution in [0, 0.1) is 11.6 Å². The molecule has 0 aliphatic rings. The number of hydrogen-bond donors (Lipinski definition) is 1. The van der Waals surface area contributed by atoms with E-state index in [-0.39, 0.29) is 30.1 Å². The number of aromatic nitrogens is 2. The van der Waals surface area contributed by atoms with E-state index in [1.54, 1.807) is 0 Å². The van der Waals surface area contributed by atoms with Crippen molar-refractivity contribution in [3.05, 3.63) is 35.7 Å². The summed E-state index contributed by atoms with van der Waals surface area (Å²) in [5.74, 6) is -2.73. The van der Waals surface area contributed by atoms with Gasteiger partial charge in [-0.3, -0.25) is 4.79 Å². The van der Waals surface area contributed by atoms with Gasteiger partial charge in [0.05, 0.1) is 6.42 Å². The lowest BCUT2D eigenvalue weighted by Crippen LogP contribution is -1.97. The number of benzene rings is 1. The van der Waals surface area contributed by atoms with Crippen LogP contribution in [0.25, 0.3) is 11.4 Å². The molecule has 1 aromatic carbocycles. The smallest absolute Gasteiger partial charge is 0.303 e. The van der Waals surface area contributed by atoms with Gasteiger partial charge in [0, 0.05) is 12.0 Å². The molecule has 0 aliphatic carbocycles. The minimum absolute atomic E-state index is 0.0893. The van der Waals surface area contributed by atoms with Gasteiger partial charge >= 0.3 is 5.97 Å². The highest BCUT2D eigenvalue weighted by molar-refractivity contribution is 5.66. The van der Waals surface area contributed by atoms with Gasteiger partial charge in [0.1, 0.15) is 0 Å². The molecule has 0 aliphatic heterocycles. The fourth-order valence-corrected chi connectivity index (χ4v) is 1.32. The molecule has 0 unspecified atom stereocenters. The van der Waals surface area contributed by atoms with E-state index in [0.29, 0.717) is 0 Å². The van der Waals surface area contributed by atoms with E-state index in [1.807, 2.05) is 0 Å². The van der Waals surface area contributed by atoms with Crippen LogP contribution in [0.2, 0.25) is 0 Å². The Morgan fingerprint density at radius 1 is 1.33 bits per heavy atom. The molecule has 2 aromatic rings. The van der Waals surface area contributed by atoms with Crippen molar-refractivity contribution < 1.29 is 23.2 Å². The summed E-state index contributed by atoms with van der Waals surface area (Å²) < 4.78 is 30.5. The van der Waals surface area contributed by atoms with Gasteiger partial charge in [0.25, 0.3) is 0 Å². The van der Waals surface area contributed by atoms with E-state index in [9.17, 15) is 13.6 Å². The van der Waals surface area contributed by atoms with Crippen LogP contribution in [-0.4, -0.2) is 21.2 Å². The topological polar surface area (TPSA) is 76.2 Å². The quantitative estimate of drug-likeness (QED) is 0.903. The first-order valence-corrected chi connectivity index (χ1v) is 5.06. The number of hydrogen-bond acceptors (Lipinski definition) is 4. The van der Waals surface area contributed by atoms with Crippen LogP contribution in [0.1, 0.15) is 12.3 Å². The lowest BCUT2D eigenvalue weighted by atomic mass is 10.2. The summed E-state index contributed by atoms with van der Waals surface area (Å²) in [6.07, 6.45) is -0.0502. The van der Waals surface area contributed by atoms with Gasteiger partial charge in [-0.2, -0.15) is 4.98 Å². The molecule has 1 heterocycles. The fourth-order valence-electron chi connectivity index (χ4n) is 1.32. The first-order valence-electron chi connectivity index (χ1n) is 5.06. The van der Waals surface area contributed by atoms with Crippen LogP contribution in [0.5, 0.6) is 0 Å². The lowest BCUT2D eigenvalue weighted by molar-refractivity contribution is -0.137. The molecule has 0 bridgehead atoms. The Bertz CT molecular complexity index is 583. The Morgan fingerprint density at radius 3 is 2.78 bits per heavy atom. The monoisotopic (exact) mass is 254 g/mol. The summed E-state index contributed by atoms with van der Waals surface area (Å²) in [6.45, 7) is 0. The summed E-state index contributed by atoms with van der Waals surface area (Å²) in [5, 5.41) is 12.1. The maximum absolute atomic E-state index is 13.0. The Hall–Kier alpha value is -2.31. The van der Waals surface area contributed by atoms with Crippen molar-refractivity contribution in [1.82, 2.24) is 10.1 Å². The number of carboxylic acid groups (broad SMARTS) is 1. The Labute approximate surface area is 100 Å². The molecule has 0 amide bonds. The summed E-state index contributed by atoms with van der Waals surface area (Å²) in [7, 11) is 0. The van der Waals surface area contributed by atoms with E-state index in [2.05, 4.69) is 10.1 Å². The number of nitrogens with zero attached hydrogens (tertiary/aromatic N) is 2. The van der Waals surface area contributed by atoms with Crippen molar-refractivity contribution in [3.63, 3.8) is 0 Å². The van der Waals surface area contributed by atoms with E-state index in [4.69, 9.17) is 9.63 Å². The average molecular weight is 254 g/mol. The molecule has 7 heteroatoms. The van der Waals surface area contributed by atoms with Crippen LogP contribution >= 0.6 is 0 Å². The van der Waals surface area contributed by atoms with E-state index >= 15 is 0 Å². The number of carbonyl (C=O) groups is 1. The molecule has 0 spiro atoms. The minimum Gasteiger partial charge on any atom is -0.481 e. The Balaban J connectivity index is 2.18. The number of aliphatic carboxylic acids is 1. The summed E-state index contributed by atoms with van der Waals surface area (Å²) in [5.41, 5.74) is 0.263. The standard InChI is InChI=1S/C11H8F2N2O3/c12-7-2-1-6(5-8(7)13)11-14-9(18-15-11)3-4-10(16)17/h1-2,5H,3-4H2,(H,16,17). The zero-order valence-electron chi connectivity index (χ0n) is 9.06. The third-order valence-electron chi connectivity index (χ3n) is 2.20. The fraction of sp³-hybridized carbons (Fsp3) is 0.182. The van der Waals surface area contributed by atoms with Crippen molar-refractivity contribution in [2.24, 2.45) is 0 Å². The van der Waals surface area contributed by atoms with Crippen LogP contribution in [-0.2, 0) is 11.2 Å². The zero-order valence-corrected chi connectivity index (χ0v) is 9.06. The average Bonchev–Trinajstić information content (AvgIpc) is 2.79. The highest BCUT2D eigenvalue weighted by Gasteiger charge is 2.12. The third kappa shape index (κ3) is 2.68. The van der Waals surface area contributed by atoms with Crippen molar-refractivity contribution in [2.45, 2.75) is 12.8 Å². The second-order valence-corrected chi connectivity index (χ2v) is 3.53. The molecule has 0 radical (unpaired) electrons. The molecule has 0 saturated heterocycles. The zero-order chi connectivity index (χ0) is 13.1. The SMILES string of the molecule is O=C(O)CCc1nc(-c2ccc(F)c(F)c2)no1. The molecule has 18 heavy (non-hydrogen) atoms. The maximum Gasteiger partial charge on any atom is 0.303 e. The predicted molar refractivity (Wildman–Crippen MR) is 55.6 cm³/mol. The highest BCUT2D eigenvalue weighted by atomic mass is 19.2. The molecule has 94 valence electrons. The number of rotatable bonds is 4. The van der Waals surface area contributed by atoms with E-state index < -0.39 is 17.6 Å². The van der Waals surface area contributed by atoms with Crippen LogP contribution in [0.3, 0.4) is 0 Å². The second kappa shape index (κ2) is 4.91. The first-order chi connectivity index (χ1) is 8.56. The van der Waals surface area contributed by atoms with Crippen molar-refractivity contribution in [1.29, 1.82) is 0 Å². The molecule has 0 fully saturated rings. The van der Waals surface area contributed by atoms with E-state index in [0.717, 1.165) is 12.1 Å². The summed E-state index contributed by atoms with van der Waals surface area (Å²) in [6, 6.07) is 3.21. The van der Waals surface area contributed by atoms with Crippen LogP contribution in [0.15, 0.2) is 22.7 Å². The second-order valence-electron chi connectivity index (χ2n) is 3.53. The Morgan fingerprint density at radius 2 is 2.11 bits per heavy atom. The van der Waals surface area contributed by atoms with Gasteiger partial charge < -0.3 is 9.63 Å². The van der Waals surface area contributed by atoms with Crippen molar-refractivity contribution in [3.8, 4) is 11.4 Å². The normalized spacial score (nSPS) is 10.6. The molecule has 0 saturated carbocycles. The number of halogens is 2. The van der Waals surface area contributed by atoms with Crippen LogP contribution in [0.4, 0.5) is 8.78 Å². The first kappa shape index (κ1) is 12.2. The molecule has 5 nitrogen and oxygen atoms in total. The molecular formula is C11H8F2N2O3. The predicted octanol–water partition coefficient (Wildman–Crippen LogP) is 2.03. The lowest BCUT2D eigenvalue weighted by Gasteiger charge is -1.95. The third-order valence-corrected chi connectivity index (χ3v) is 2.20. The van der Waals surface area contributed by atoms with Gasteiger partial charge in [-0.1, -0.05) is 5.16 Å². The van der Waals surface area contributed by atoms with Gasteiger partial charge in [-0.15, -0.1) is 0 Å². The highest BCUT2D eigenvalue weighted by Crippen LogP contribution is 2.18. The molecule has 2 rings (SSSR count). The summed E-state index contributed by atoms with van der Waals surface area (Å²) >= 11 is 0. The minimum atomic E-state index is -1.01. The summed E-state index contributed by atoms with van der Waals surface area (Å²) in [4.78, 5) is 14.2. The van der Waals surface area contributed by atoms with Gasteiger partial charge in [-0.25, -0.2) is 8.78 Å². The number of aryl methyl sites for hydroxylation is 1. The molecular weight excluding hydrogens is 246 g/mol. The van der Waals surface area contributed by atoms with Crippen LogP contribution < -0.4 is 0 Å². The van der Waals surface area contributed by atoms with Gasteiger partial charge in [-0.05, 0) is 18.2 Å². The largest absolute Gasteiger partial charge is 0.481 e. The van der Waals surface area contributed by atoms with Crippen molar-refractivity contribution in [2.75, 3.05) is 0 Å². The van der Waals surface area contributed by atoms with E-state index in [1.165, 1.54) is 6.07 Å². The molecule has 1 N–H and O–H groups in total. The maximum atomic E-state index is 13.0.